The highest BCUT2D eigenvalue weighted by Gasteiger charge is 2.36. The van der Waals surface area contributed by atoms with Crippen molar-refractivity contribution in [3.05, 3.63) is 174 Å². The van der Waals surface area contributed by atoms with Crippen LogP contribution in [0.1, 0.15) is 36.1 Å². The van der Waals surface area contributed by atoms with E-state index in [1.165, 1.54) is 92.9 Å². The predicted octanol–water partition coefficient (Wildman–Crippen LogP) is 13.8. The van der Waals surface area contributed by atoms with Gasteiger partial charge in [0.05, 0.1) is 5.69 Å². The second kappa shape index (κ2) is 11.3. The lowest BCUT2D eigenvalue weighted by Crippen LogP contribution is -2.17. The van der Waals surface area contributed by atoms with Gasteiger partial charge in [0, 0.05) is 37.0 Å². The van der Waals surface area contributed by atoms with Crippen LogP contribution in [0.3, 0.4) is 0 Å². The average Bonchev–Trinajstić information content (AvgIpc) is 3.61. The van der Waals surface area contributed by atoms with Crippen molar-refractivity contribution in [2.45, 2.75) is 33.1 Å². The zero-order valence-electron chi connectivity index (χ0n) is 28.3. The van der Waals surface area contributed by atoms with Gasteiger partial charge in [-0.2, -0.15) is 0 Å². The number of hydrogen-bond acceptors (Lipinski definition) is 2. The third kappa shape index (κ3) is 4.74. The molecule has 1 aromatic heterocycles. The first-order valence-corrected chi connectivity index (χ1v) is 17.9. The molecule has 0 atom stereocenters. The van der Waals surface area contributed by atoms with E-state index in [2.05, 4.69) is 184 Å². The lowest BCUT2D eigenvalue weighted by molar-refractivity contribution is 0.660. The molecule has 0 aliphatic heterocycles. The zero-order chi connectivity index (χ0) is 33.3. The Hall–Kier alpha value is -5.44. The minimum Gasteiger partial charge on any atom is -0.310 e. The molecule has 1 nitrogen and oxygen atoms in total. The average molecular weight is 648 g/mol. The number of thiophene rings is 1. The van der Waals surface area contributed by atoms with E-state index in [0.717, 1.165) is 0 Å². The van der Waals surface area contributed by atoms with Crippen LogP contribution in [0.2, 0.25) is 0 Å². The largest absolute Gasteiger partial charge is 0.310 e. The molecule has 0 unspecified atom stereocenters. The third-order valence-corrected chi connectivity index (χ3v) is 11.6. The van der Waals surface area contributed by atoms with Crippen molar-refractivity contribution in [3.63, 3.8) is 0 Å². The molecule has 0 amide bonds. The van der Waals surface area contributed by atoms with Crippen molar-refractivity contribution in [1.82, 2.24) is 0 Å². The van der Waals surface area contributed by atoms with Gasteiger partial charge >= 0.3 is 0 Å². The lowest BCUT2D eigenvalue weighted by Gasteiger charge is -2.31. The smallest absolute Gasteiger partial charge is 0.0520 e. The first kappa shape index (κ1) is 29.7. The summed E-state index contributed by atoms with van der Waals surface area (Å²) >= 11 is 1.88. The summed E-state index contributed by atoms with van der Waals surface area (Å²) in [6, 6.07) is 56.0. The van der Waals surface area contributed by atoms with E-state index in [4.69, 9.17) is 0 Å². The summed E-state index contributed by atoms with van der Waals surface area (Å²) in [6.45, 7) is 9.28. The number of benzene rings is 7. The topological polar surface area (TPSA) is 3.24 Å². The summed E-state index contributed by atoms with van der Waals surface area (Å²) in [6.07, 6.45) is 0. The molecule has 49 heavy (non-hydrogen) atoms. The highest BCUT2D eigenvalue weighted by molar-refractivity contribution is 7.25. The van der Waals surface area contributed by atoms with Crippen LogP contribution < -0.4 is 4.90 Å². The Bertz CT molecular complexity index is 2530. The molecule has 9 rings (SSSR count). The van der Waals surface area contributed by atoms with E-state index in [9.17, 15) is 0 Å². The van der Waals surface area contributed by atoms with Crippen molar-refractivity contribution in [3.8, 4) is 33.4 Å². The Morgan fingerprint density at radius 3 is 1.80 bits per heavy atom. The van der Waals surface area contributed by atoms with E-state index in [0.29, 0.717) is 0 Å². The summed E-state index contributed by atoms with van der Waals surface area (Å²) in [7, 11) is 0. The molecule has 0 N–H and O–H groups in total. The second-order valence-corrected chi connectivity index (χ2v) is 15.0. The standard InChI is InChI=1S/C47H37NS/c1-30-26-33(37-17-9-8-16-36(37)32-14-6-5-7-15-32)27-31(2)46(30)48(35-23-25-41-40-19-11-13-21-44(40)49-45(41)29-35)34-22-24-39-38-18-10-12-20-42(38)47(3,4)43(39)28-34/h5-29H,1-4H3. The van der Waals surface area contributed by atoms with Crippen LogP contribution in [0.4, 0.5) is 17.1 Å². The first-order valence-electron chi connectivity index (χ1n) is 17.1. The van der Waals surface area contributed by atoms with Gasteiger partial charge in [0.15, 0.2) is 0 Å². The van der Waals surface area contributed by atoms with Gasteiger partial charge in [-0.1, -0.05) is 123 Å². The van der Waals surface area contributed by atoms with E-state index in [-0.39, 0.29) is 5.41 Å². The molecule has 0 saturated carbocycles. The fourth-order valence-corrected chi connectivity index (χ4v) is 9.30. The van der Waals surface area contributed by atoms with Crippen LogP contribution in [0.5, 0.6) is 0 Å². The maximum absolute atomic E-state index is 2.50. The maximum Gasteiger partial charge on any atom is 0.0520 e. The van der Waals surface area contributed by atoms with Crippen LogP contribution in [0.15, 0.2) is 152 Å². The Balaban J connectivity index is 1.24. The van der Waals surface area contributed by atoms with Crippen LogP contribution in [0, 0.1) is 13.8 Å². The number of hydrogen-bond donors (Lipinski definition) is 0. The maximum atomic E-state index is 2.50. The molecule has 2 heteroatoms. The van der Waals surface area contributed by atoms with Gasteiger partial charge in [-0.3, -0.25) is 0 Å². The minimum absolute atomic E-state index is 0.0852. The summed E-state index contributed by atoms with van der Waals surface area (Å²) < 4.78 is 2.63. The number of anilines is 3. The van der Waals surface area contributed by atoms with E-state index in [1.54, 1.807) is 0 Å². The fourth-order valence-electron chi connectivity index (χ4n) is 8.16. The van der Waals surface area contributed by atoms with Gasteiger partial charge < -0.3 is 4.90 Å². The van der Waals surface area contributed by atoms with Crippen LogP contribution in [-0.2, 0) is 5.41 Å². The second-order valence-electron chi connectivity index (χ2n) is 13.9. The number of nitrogens with zero attached hydrogens (tertiary/aromatic N) is 1. The van der Waals surface area contributed by atoms with Gasteiger partial charge in [-0.15, -0.1) is 11.3 Å². The molecule has 8 aromatic rings. The zero-order valence-corrected chi connectivity index (χ0v) is 29.1. The van der Waals surface area contributed by atoms with Gasteiger partial charge in [0.1, 0.15) is 0 Å². The molecule has 0 fully saturated rings. The Kier molecular flexibility index (Phi) is 6.86. The van der Waals surface area contributed by atoms with Crippen molar-refractivity contribution in [2.75, 3.05) is 4.90 Å². The first-order chi connectivity index (χ1) is 23.9. The van der Waals surface area contributed by atoms with E-state index < -0.39 is 0 Å². The normalized spacial score (nSPS) is 13.1. The Labute approximate surface area is 292 Å². The molecule has 1 heterocycles. The van der Waals surface area contributed by atoms with Gasteiger partial charge in [0.2, 0.25) is 0 Å². The highest BCUT2D eigenvalue weighted by Crippen LogP contribution is 2.51. The van der Waals surface area contributed by atoms with Gasteiger partial charge in [-0.25, -0.2) is 0 Å². The van der Waals surface area contributed by atoms with E-state index in [1.807, 2.05) is 11.3 Å². The molecule has 1 aliphatic carbocycles. The summed E-state index contributed by atoms with van der Waals surface area (Å²) in [5.74, 6) is 0. The van der Waals surface area contributed by atoms with Gasteiger partial charge in [0.25, 0.3) is 0 Å². The molecule has 0 radical (unpaired) electrons. The molecule has 1 aliphatic rings. The summed E-state index contributed by atoms with van der Waals surface area (Å²) in [5.41, 5.74) is 16.4. The van der Waals surface area contributed by atoms with Crippen molar-refractivity contribution in [2.24, 2.45) is 0 Å². The van der Waals surface area contributed by atoms with Crippen molar-refractivity contribution in [1.29, 1.82) is 0 Å². The molecule has 0 bridgehead atoms. The lowest BCUT2D eigenvalue weighted by atomic mass is 9.82. The molecule has 0 spiro atoms. The number of aryl methyl sites for hydroxylation is 2. The number of rotatable bonds is 5. The molecule has 236 valence electrons. The minimum atomic E-state index is -0.0852. The van der Waals surface area contributed by atoms with Crippen molar-refractivity contribution >= 4 is 48.6 Å². The summed E-state index contributed by atoms with van der Waals surface area (Å²) in [4.78, 5) is 2.50. The molecule has 7 aromatic carbocycles. The van der Waals surface area contributed by atoms with Crippen LogP contribution in [-0.4, -0.2) is 0 Å². The number of fused-ring (bicyclic) bond motifs is 6. The quantitative estimate of drug-likeness (QED) is 0.180. The van der Waals surface area contributed by atoms with Crippen LogP contribution in [0.25, 0.3) is 53.6 Å². The van der Waals surface area contributed by atoms with Crippen molar-refractivity contribution < 1.29 is 0 Å². The predicted molar refractivity (Wildman–Crippen MR) is 212 cm³/mol. The molecular formula is C47H37NS. The SMILES string of the molecule is Cc1cc(-c2ccccc2-c2ccccc2)cc(C)c1N(c1ccc2c(c1)C(C)(C)c1ccccc1-2)c1ccc2c(c1)sc1ccccc12. The molecule has 0 saturated heterocycles. The Morgan fingerprint density at radius 1 is 0.449 bits per heavy atom. The highest BCUT2D eigenvalue weighted by atomic mass is 32.1. The monoisotopic (exact) mass is 647 g/mol. The molecular weight excluding hydrogens is 611 g/mol. The Morgan fingerprint density at radius 2 is 1.02 bits per heavy atom. The summed E-state index contributed by atoms with van der Waals surface area (Å²) in [5, 5.41) is 2.64. The van der Waals surface area contributed by atoms with E-state index >= 15 is 0 Å². The van der Waals surface area contributed by atoms with Crippen LogP contribution >= 0.6 is 11.3 Å². The fraction of sp³-hybridized carbons (Fsp3) is 0.106. The third-order valence-electron chi connectivity index (χ3n) is 10.5. The van der Waals surface area contributed by atoms with Gasteiger partial charge in [-0.05, 0) is 112 Å².